The molecule has 4 rings (SSSR count). The smallest absolute Gasteiger partial charge is 0.408 e. The highest BCUT2D eigenvalue weighted by molar-refractivity contribution is 6.06. The number of alkyl carbamates (subject to hydrolysis) is 1. The van der Waals surface area contributed by atoms with E-state index in [4.69, 9.17) is 9.47 Å². The number of para-hydroxylation sites is 1. The van der Waals surface area contributed by atoms with E-state index in [1.807, 2.05) is 0 Å². The lowest BCUT2D eigenvalue weighted by Crippen LogP contribution is -2.33. The van der Waals surface area contributed by atoms with E-state index < -0.39 is 29.7 Å². The number of carbonyl (C=O) groups is 2. The molecule has 0 radical (unpaired) electrons. The Morgan fingerprint density at radius 1 is 1.09 bits per heavy atom. The van der Waals surface area contributed by atoms with Gasteiger partial charge in [0.2, 0.25) is 0 Å². The number of anilines is 1. The van der Waals surface area contributed by atoms with Gasteiger partial charge in [-0.1, -0.05) is 18.2 Å². The summed E-state index contributed by atoms with van der Waals surface area (Å²) >= 11 is 0. The van der Waals surface area contributed by atoms with Crippen LogP contribution in [-0.2, 0) is 11.3 Å². The first-order valence-corrected chi connectivity index (χ1v) is 9.86. The summed E-state index contributed by atoms with van der Waals surface area (Å²) in [6, 6.07) is 12.9. The van der Waals surface area contributed by atoms with Crippen LogP contribution in [0, 0.1) is 11.6 Å². The highest BCUT2D eigenvalue weighted by Gasteiger charge is 2.27. The normalized spacial score (nSPS) is 14.6. The Morgan fingerprint density at radius 3 is 2.75 bits per heavy atom. The fourth-order valence-corrected chi connectivity index (χ4v) is 3.33. The van der Waals surface area contributed by atoms with E-state index >= 15 is 0 Å². The van der Waals surface area contributed by atoms with Gasteiger partial charge >= 0.3 is 6.09 Å². The van der Waals surface area contributed by atoms with Gasteiger partial charge in [-0.05, 0) is 30.3 Å². The quantitative estimate of drug-likeness (QED) is 0.617. The molecule has 1 aliphatic rings. The van der Waals surface area contributed by atoms with E-state index in [2.05, 4.69) is 15.6 Å². The second-order valence-electron chi connectivity index (χ2n) is 7.04. The molecule has 7 nitrogen and oxygen atoms in total. The summed E-state index contributed by atoms with van der Waals surface area (Å²) in [6.45, 7) is 0.299. The largest absolute Gasteiger partial charge is 0.492 e. The lowest BCUT2D eigenvalue weighted by atomic mass is 9.97. The van der Waals surface area contributed by atoms with Crippen LogP contribution in [0.15, 0.2) is 60.8 Å². The maximum atomic E-state index is 13.4. The third-order valence-electron chi connectivity index (χ3n) is 4.87. The van der Waals surface area contributed by atoms with Crippen molar-refractivity contribution in [3.05, 3.63) is 89.2 Å². The van der Waals surface area contributed by atoms with Gasteiger partial charge < -0.3 is 20.1 Å². The van der Waals surface area contributed by atoms with Crippen LogP contribution in [0.3, 0.4) is 0 Å². The molecular formula is C23H19F2N3O4. The summed E-state index contributed by atoms with van der Waals surface area (Å²) in [7, 11) is 0. The maximum Gasteiger partial charge on any atom is 0.408 e. The van der Waals surface area contributed by atoms with Gasteiger partial charge in [-0.15, -0.1) is 0 Å². The van der Waals surface area contributed by atoms with Crippen molar-refractivity contribution in [1.82, 2.24) is 10.3 Å². The monoisotopic (exact) mass is 439 g/mol. The number of hydrogen-bond acceptors (Lipinski definition) is 5. The molecule has 1 aromatic heterocycles. The average molecular weight is 439 g/mol. The summed E-state index contributed by atoms with van der Waals surface area (Å²) < 4.78 is 37.5. The summed E-state index contributed by atoms with van der Waals surface area (Å²) in [5.41, 5.74) is 1.55. The zero-order valence-electron chi connectivity index (χ0n) is 16.8. The Labute approximate surface area is 182 Å². The molecule has 0 spiro atoms. The van der Waals surface area contributed by atoms with Crippen LogP contribution < -0.4 is 15.4 Å². The van der Waals surface area contributed by atoms with Gasteiger partial charge in [0.25, 0.3) is 5.91 Å². The molecule has 9 heteroatoms. The number of rotatable bonds is 5. The Kier molecular flexibility index (Phi) is 6.25. The van der Waals surface area contributed by atoms with Crippen molar-refractivity contribution < 1.29 is 27.8 Å². The Bertz CT molecular complexity index is 1140. The Balaban J connectivity index is 1.46. The SMILES string of the molecule is O=C(N[C@H]1CCOc2c(C(=O)Nc3ccc(F)c(F)c3)cccc21)OCc1ccccn1. The number of ether oxygens (including phenoxy) is 2. The highest BCUT2D eigenvalue weighted by atomic mass is 19.2. The fraction of sp³-hybridized carbons (Fsp3) is 0.174. The van der Waals surface area contributed by atoms with Crippen molar-refractivity contribution in [2.24, 2.45) is 0 Å². The van der Waals surface area contributed by atoms with Crippen LogP contribution in [0.4, 0.5) is 19.3 Å². The summed E-state index contributed by atoms with van der Waals surface area (Å²) in [4.78, 5) is 29.1. The predicted octanol–water partition coefficient (Wildman–Crippen LogP) is 4.36. The van der Waals surface area contributed by atoms with E-state index in [9.17, 15) is 18.4 Å². The van der Waals surface area contributed by atoms with E-state index in [-0.39, 0.29) is 24.5 Å². The number of amides is 2. The second-order valence-corrected chi connectivity index (χ2v) is 7.04. The standard InChI is InChI=1S/C23H19F2N3O4/c24-18-8-7-14(12-19(18)25)27-22(29)17-6-3-5-16-20(9-11-31-21(16)17)28-23(30)32-13-15-4-1-2-10-26-15/h1-8,10,12,20H,9,11,13H2,(H,27,29)(H,28,30)/t20-/m0/s1. The molecule has 0 aliphatic carbocycles. The molecule has 164 valence electrons. The average Bonchev–Trinajstić information content (AvgIpc) is 2.80. The molecule has 0 unspecified atom stereocenters. The molecule has 0 fully saturated rings. The number of benzene rings is 2. The molecule has 1 atom stereocenters. The minimum absolute atomic E-state index is 0.0272. The third-order valence-corrected chi connectivity index (χ3v) is 4.87. The van der Waals surface area contributed by atoms with Crippen LogP contribution in [0.5, 0.6) is 5.75 Å². The van der Waals surface area contributed by atoms with Crippen molar-refractivity contribution in [2.45, 2.75) is 19.1 Å². The van der Waals surface area contributed by atoms with Gasteiger partial charge in [0.05, 0.1) is 23.9 Å². The van der Waals surface area contributed by atoms with Crippen LogP contribution in [0.1, 0.15) is 34.1 Å². The van der Waals surface area contributed by atoms with E-state index in [0.29, 0.717) is 23.4 Å². The van der Waals surface area contributed by atoms with E-state index in [1.165, 1.54) is 6.07 Å². The molecule has 2 amide bonds. The van der Waals surface area contributed by atoms with Crippen LogP contribution >= 0.6 is 0 Å². The fourth-order valence-electron chi connectivity index (χ4n) is 3.33. The molecule has 2 heterocycles. The van der Waals surface area contributed by atoms with Crippen molar-refractivity contribution in [1.29, 1.82) is 0 Å². The number of pyridine rings is 1. The second kappa shape index (κ2) is 9.42. The van der Waals surface area contributed by atoms with Crippen molar-refractivity contribution in [3.63, 3.8) is 0 Å². The van der Waals surface area contributed by atoms with Crippen LogP contribution in [0.25, 0.3) is 0 Å². The van der Waals surface area contributed by atoms with Gasteiger partial charge in [-0.25, -0.2) is 13.6 Å². The van der Waals surface area contributed by atoms with Gasteiger partial charge in [-0.3, -0.25) is 9.78 Å². The van der Waals surface area contributed by atoms with Gasteiger partial charge in [0, 0.05) is 29.9 Å². The lowest BCUT2D eigenvalue weighted by Gasteiger charge is -2.27. The predicted molar refractivity (Wildman–Crippen MR) is 111 cm³/mol. The number of nitrogens with one attached hydrogen (secondary N) is 2. The molecule has 3 aromatic rings. The maximum absolute atomic E-state index is 13.4. The van der Waals surface area contributed by atoms with Gasteiger partial charge in [-0.2, -0.15) is 0 Å². The summed E-state index contributed by atoms with van der Waals surface area (Å²) in [5.74, 6) is -2.31. The number of fused-ring (bicyclic) bond motifs is 1. The van der Waals surface area contributed by atoms with Crippen molar-refractivity contribution in [2.75, 3.05) is 11.9 Å². The number of carbonyl (C=O) groups excluding carboxylic acids is 2. The van der Waals surface area contributed by atoms with E-state index in [1.54, 1.807) is 42.6 Å². The minimum atomic E-state index is -1.07. The number of aromatic nitrogens is 1. The molecule has 0 saturated carbocycles. The molecule has 0 saturated heterocycles. The molecular weight excluding hydrogens is 420 g/mol. The first-order valence-electron chi connectivity index (χ1n) is 9.86. The molecule has 1 aliphatic heterocycles. The molecule has 32 heavy (non-hydrogen) atoms. The number of nitrogens with zero attached hydrogens (tertiary/aromatic N) is 1. The van der Waals surface area contributed by atoms with Gasteiger partial charge in [0.15, 0.2) is 11.6 Å². The molecule has 0 bridgehead atoms. The third kappa shape index (κ3) is 4.83. The Morgan fingerprint density at radius 2 is 1.97 bits per heavy atom. The number of hydrogen-bond donors (Lipinski definition) is 2. The van der Waals surface area contributed by atoms with E-state index in [0.717, 1.165) is 12.1 Å². The zero-order chi connectivity index (χ0) is 22.5. The highest BCUT2D eigenvalue weighted by Crippen LogP contribution is 2.35. The van der Waals surface area contributed by atoms with Crippen LogP contribution in [-0.4, -0.2) is 23.6 Å². The van der Waals surface area contributed by atoms with Crippen molar-refractivity contribution in [3.8, 4) is 5.75 Å². The summed E-state index contributed by atoms with van der Waals surface area (Å²) in [6.07, 6.45) is 1.48. The van der Waals surface area contributed by atoms with Crippen LogP contribution in [0.2, 0.25) is 0 Å². The summed E-state index contributed by atoms with van der Waals surface area (Å²) in [5, 5.41) is 5.31. The lowest BCUT2D eigenvalue weighted by molar-refractivity contribution is 0.102. The Hall–Kier alpha value is -4.01. The van der Waals surface area contributed by atoms with Crippen molar-refractivity contribution >= 4 is 17.7 Å². The zero-order valence-corrected chi connectivity index (χ0v) is 16.8. The number of halogens is 2. The molecule has 2 aromatic carbocycles. The minimum Gasteiger partial charge on any atom is -0.492 e. The first-order chi connectivity index (χ1) is 15.5. The first kappa shape index (κ1) is 21.2. The van der Waals surface area contributed by atoms with Gasteiger partial charge in [0.1, 0.15) is 12.4 Å². The molecule has 2 N–H and O–H groups in total. The topological polar surface area (TPSA) is 89.5 Å².